The van der Waals surface area contributed by atoms with Crippen LogP contribution in [0.2, 0.25) is 0 Å². The van der Waals surface area contributed by atoms with Gasteiger partial charge in [-0.3, -0.25) is 14.4 Å². The lowest BCUT2D eigenvalue weighted by atomic mass is 9.83. The number of carbonyl (C=O) groups excluding carboxylic acids is 3. The van der Waals surface area contributed by atoms with Crippen LogP contribution in [0.5, 0.6) is 0 Å². The fourth-order valence-electron chi connectivity index (χ4n) is 3.07. The van der Waals surface area contributed by atoms with Crippen LogP contribution < -0.4 is 10.6 Å². The summed E-state index contributed by atoms with van der Waals surface area (Å²) in [4.78, 5) is 38.1. The van der Waals surface area contributed by atoms with Gasteiger partial charge in [-0.1, -0.05) is 18.2 Å². The van der Waals surface area contributed by atoms with Crippen molar-refractivity contribution in [2.75, 3.05) is 20.1 Å². The molecule has 136 valence electrons. The molecule has 1 saturated heterocycles. The number of benzene rings is 1. The molecule has 0 aliphatic carbocycles. The Kier molecular flexibility index (Phi) is 5.77. The van der Waals surface area contributed by atoms with Crippen molar-refractivity contribution in [2.24, 2.45) is 0 Å². The van der Waals surface area contributed by atoms with Crippen LogP contribution in [0.4, 0.5) is 4.39 Å². The number of likely N-dealkylation sites (tertiary alicyclic amines) is 1. The minimum absolute atomic E-state index is 0.205. The largest absolute Gasteiger partial charge is 0.357 e. The lowest BCUT2D eigenvalue weighted by Gasteiger charge is -2.27. The van der Waals surface area contributed by atoms with Crippen LogP contribution in [0.25, 0.3) is 0 Å². The summed E-state index contributed by atoms with van der Waals surface area (Å²) in [6, 6.07) is 5.58. The van der Waals surface area contributed by atoms with Crippen molar-refractivity contribution < 1.29 is 18.8 Å². The molecule has 0 saturated carbocycles. The Morgan fingerprint density at radius 2 is 1.96 bits per heavy atom. The van der Waals surface area contributed by atoms with Gasteiger partial charge < -0.3 is 15.5 Å². The van der Waals surface area contributed by atoms with E-state index >= 15 is 0 Å². The van der Waals surface area contributed by atoms with Gasteiger partial charge in [0.1, 0.15) is 11.9 Å². The Morgan fingerprint density at radius 1 is 1.28 bits per heavy atom. The molecule has 25 heavy (non-hydrogen) atoms. The molecular formula is C18H24FN3O3. The molecule has 1 aliphatic rings. The van der Waals surface area contributed by atoms with E-state index in [0.29, 0.717) is 13.0 Å². The summed E-state index contributed by atoms with van der Waals surface area (Å²) in [6.07, 6.45) is 1.36. The van der Waals surface area contributed by atoms with Gasteiger partial charge in [0.2, 0.25) is 17.7 Å². The van der Waals surface area contributed by atoms with E-state index in [1.807, 2.05) is 0 Å². The van der Waals surface area contributed by atoms with Crippen molar-refractivity contribution in [2.45, 2.75) is 38.1 Å². The first-order chi connectivity index (χ1) is 11.8. The highest BCUT2D eigenvalue weighted by Gasteiger charge is 2.35. The smallest absolute Gasteiger partial charge is 0.242 e. The van der Waals surface area contributed by atoms with E-state index < -0.39 is 23.2 Å². The summed E-state index contributed by atoms with van der Waals surface area (Å²) in [5.41, 5.74) is -0.846. The number of rotatable bonds is 5. The molecule has 3 amide bonds. The predicted molar refractivity (Wildman–Crippen MR) is 91.2 cm³/mol. The second-order valence-electron chi connectivity index (χ2n) is 6.65. The van der Waals surface area contributed by atoms with Crippen LogP contribution in [0, 0.1) is 5.82 Å². The number of amides is 3. The third kappa shape index (κ3) is 3.97. The summed E-state index contributed by atoms with van der Waals surface area (Å²) < 4.78 is 14.0. The molecule has 1 atom stereocenters. The SMILES string of the molecule is CNC(=O)C1CCCN1C(=O)CNC(=O)C(C)(C)c1ccccc1F. The number of nitrogens with one attached hydrogen (secondary N) is 2. The van der Waals surface area contributed by atoms with Crippen LogP contribution in [-0.4, -0.2) is 48.8 Å². The van der Waals surface area contributed by atoms with Crippen LogP contribution >= 0.6 is 0 Å². The van der Waals surface area contributed by atoms with Gasteiger partial charge in [0, 0.05) is 19.2 Å². The van der Waals surface area contributed by atoms with Gasteiger partial charge in [0.25, 0.3) is 0 Å². The van der Waals surface area contributed by atoms with E-state index in [0.717, 1.165) is 6.42 Å². The van der Waals surface area contributed by atoms with Gasteiger partial charge in [0.05, 0.1) is 12.0 Å². The predicted octanol–water partition coefficient (Wildman–Crippen LogP) is 0.956. The molecule has 2 N–H and O–H groups in total. The molecule has 0 radical (unpaired) electrons. The zero-order chi connectivity index (χ0) is 18.6. The minimum atomic E-state index is -1.11. The molecule has 2 rings (SSSR count). The fraction of sp³-hybridized carbons (Fsp3) is 0.500. The van der Waals surface area contributed by atoms with E-state index in [1.165, 1.54) is 18.0 Å². The van der Waals surface area contributed by atoms with Crippen molar-refractivity contribution in [1.29, 1.82) is 0 Å². The molecule has 0 bridgehead atoms. The molecule has 1 aromatic carbocycles. The Hall–Kier alpha value is -2.44. The van der Waals surface area contributed by atoms with Crippen molar-refractivity contribution >= 4 is 17.7 Å². The minimum Gasteiger partial charge on any atom is -0.357 e. The lowest BCUT2D eigenvalue weighted by molar-refractivity contribution is -0.139. The van der Waals surface area contributed by atoms with Gasteiger partial charge >= 0.3 is 0 Å². The summed E-state index contributed by atoms with van der Waals surface area (Å²) >= 11 is 0. The molecular weight excluding hydrogens is 325 g/mol. The van der Waals surface area contributed by atoms with Gasteiger partial charge in [-0.15, -0.1) is 0 Å². The average molecular weight is 349 g/mol. The number of halogens is 1. The monoisotopic (exact) mass is 349 g/mol. The molecule has 1 aromatic rings. The van der Waals surface area contributed by atoms with Crippen LogP contribution in [0.3, 0.4) is 0 Å². The highest BCUT2D eigenvalue weighted by Crippen LogP contribution is 2.26. The van der Waals surface area contributed by atoms with Gasteiger partial charge in [-0.05, 0) is 32.8 Å². The van der Waals surface area contributed by atoms with Crippen molar-refractivity contribution in [1.82, 2.24) is 15.5 Å². The third-order valence-electron chi connectivity index (χ3n) is 4.64. The topological polar surface area (TPSA) is 78.5 Å². The Morgan fingerprint density at radius 3 is 2.60 bits per heavy atom. The number of hydrogen-bond donors (Lipinski definition) is 2. The number of carbonyl (C=O) groups is 3. The van der Waals surface area contributed by atoms with Gasteiger partial charge in [0.15, 0.2) is 0 Å². The van der Waals surface area contributed by atoms with Crippen LogP contribution in [-0.2, 0) is 19.8 Å². The van der Waals surface area contributed by atoms with E-state index in [2.05, 4.69) is 10.6 Å². The first-order valence-corrected chi connectivity index (χ1v) is 8.33. The van der Waals surface area contributed by atoms with Crippen molar-refractivity contribution in [3.8, 4) is 0 Å². The van der Waals surface area contributed by atoms with Gasteiger partial charge in [-0.25, -0.2) is 4.39 Å². The Labute approximate surface area is 146 Å². The molecule has 1 fully saturated rings. The standard InChI is InChI=1S/C18H24FN3O3/c1-18(2,12-7-4-5-8-13(12)19)17(25)21-11-15(23)22-10-6-9-14(22)16(24)20-3/h4-5,7-8,14H,6,9-11H2,1-3H3,(H,20,24)(H,21,25). The number of nitrogens with zero attached hydrogens (tertiary/aromatic N) is 1. The van der Waals surface area contributed by atoms with E-state index in [4.69, 9.17) is 0 Å². The maximum atomic E-state index is 14.0. The fourth-order valence-corrected chi connectivity index (χ4v) is 3.07. The summed E-state index contributed by atoms with van der Waals surface area (Å²) in [7, 11) is 1.53. The zero-order valence-corrected chi connectivity index (χ0v) is 14.8. The quantitative estimate of drug-likeness (QED) is 0.831. The number of hydrogen-bond acceptors (Lipinski definition) is 3. The number of likely N-dealkylation sites (N-methyl/N-ethyl adjacent to an activating group) is 1. The van der Waals surface area contributed by atoms with Crippen molar-refractivity contribution in [3.63, 3.8) is 0 Å². The molecule has 1 unspecified atom stereocenters. The normalized spacial score (nSPS) is 17.3. The van der Waals surface area contributed by atoms with Crippen LogP contribution in [0.15, 0.2) is 24.3 Å². The second-order valence-corrected chi connectivity index (χ2v) is 6.65. The molecule has 1 aliphatic heterocycles. The lowest BCUT2D eigenvalue weighted by Crippen LogP contribution is -2.50. The molecule has 6 nitrogen and oxygen atoms in total. The van der Waals surface area contributed by atoms with Gasteiger partial charge in [-0.2, -0.15) is 0 Å². The Balaban J connectivity index is 2.00. The first kappa shape index (κ1) is 18.9. The average Bonchev–Trinajstić information content (AvgIpc) is 3.08. The summed E-state index contributed by atoms with van der Waals surface area (Å²) in [5, 5.41) is 5.12. The Bertz CT molecular complexity index is 675. The van der Waals surface area contributed by atoms with Crippen molar-refractivity contribution in [3.05, 3.63) is 35.6 Å². The maximum Gasteiger partial charge on any atom is 0.242 e. The molecule has 0 aromatic heterocycles. The van der Waals surface area contributed by atoms with E-state index in [9.17, 15) is 18.8 Å². The molecule has 7 heteroatoms. The van der Waals surface area contributed by atoms with E-state index in [1.54, 1.807) is 32.0 Å². The highest BCUT2D eigenvalue weighted by atomic mass is 19.1. The maximum absolute atomic E-state index is 14.0. The molecule has 1 heterocycles. The zero-order valence-electron chi connectivity index (χ0n) is 14.8. The van der Waals surface area contributed by atoms with Crippen LogP contribution in [0.1, 0.15) is 32.3 Å². The second kappa shape index (κ2) is 7.63. The molecule has 0 spiro atoms. The first-order valence-electron chi connectivity index (χ1n) is 8.33. The highest BCUT2D eigenvalue weighted by molar-refractivity contribution is 5.93. The summed E-state index contributed by atoms with van der Waals surface area (Å²) in [5.74, 6) is -1.43. The third-order valence-corrected chi connectivity index (χ3v) is 4.64. The summed E-state index contributed by atoms with van der Waals surface area (Å²) in [6.45, 7) is 3.48. The van der Waals surface area contributed by atoms with E-state index in [-0.39, 0.29) is 23.9 Å².